The summed E-state index contributed by atoms with van der Waals surface area (Å²) in [5.41, 5.74) is 1.24. The standard InChI is InChI=1S/C22H25N3O3S2/c26-19(23-11-8-16-5-2-1-3-6-16)15-25-18-10-14-30-20(18)21(27)24(22(25)28)12-9-17-7-4-13-29-17/h4-5,7,10,13-14H,1-3,6,8-9,11-12,15H2,(H,23,26). The molecule has 0 aromatic carbocycles. The molecule has 0 saturated heterocycles. The number of carbonyl (C=O) groups is 1. The lowest BCUT2D eigenvalue weighted by molar-refractivity contribution is -0.121. The van der Waals surface area contributed by atoms with Crippen LogP contribution >= 0.6 is 22.7 Å². The Balaban J connectivity index is 1.50. The number of allylic oxidation sites excluding steroid dienone is 1. The van der Waals surface area contributed by atoms with Crippen molar-refractivity contribution in [3.05, 3.63) is 66.3 Å². The van der Waals surface area contributed by atoms with Crippen molar-refractivity contribution < 1.29 is 4.79 Å². The summed E-state index contributed by atoms with van der Waals surface area (Å²) in [5, 5.41) is 6.70. The van der Waals surface area contributed by atoms with Gasteiger partial charge in [-0.3, -0.25) is 18.7 Å². The molecule has 6 nitrogen and oxygen atoms in total. The monoisotopic (exact) mass is 443 g/mol. The van der Waals surface area contributed by atoms with Gasteiger partial charge in [-0.05, 0) is 61.4 Å². The van der Waals surface area contributed by atoms with Gasteiger partial charge in [-0.2, -0.15) is 0 Å². The van der Waals surface area contributed by atoms with E-state index < -0.39 is 5.69 Å². The third-order valence-electron chi connectivity index (χ3n) is 5.45. The molecule has 0 fully saturated rings. The number of hydrogen-bond acceptors (Lipinski definition) is 5. The summed E-state index contributed by atoms with van der Waals surface area (Å²) in [7, 11) is 0. The molecule has 3 heterocycles. The summed E-state index contributed by atoms with van der Waals surface area (Å²) >= 11 is 2.91. The molecular formula is C22H25N3O3S2. The number of aryl methyl sites for hydroxylation is 1. The lowest BCUT2D eigenvalue weighted by Gasteiger charge is -2.14. The molecule has 3 aromatic rings. The zero-order chi connectivity index (χ0) is 20.9. The van der Waals surface area contributed by atoms with Crippen LogP contribution in [-0.2, 0) is 24.3 Å². The van der Waals surface area contributed by atoms with E-state index in [-0.39, 0.29) is 18.0 Å². The number of rotatable bonds is 8. The van der Waals surface area contributed by atoms with Crippen LogP contribution in [-0.4, -0.2) is 21.6 Å². The van der Waals surface area contributed by atoms with Gasteiger partial charge in [-0.1, -0.05) is 17.7 Å². The molecule has 30 heavy (non-hydrogen) atoms. The molecule has 0 radical (unpaired) electrons. The minimum absolute atomic E-state index is 0.0790. The Hall–Kier alpha value is -2.45. The van der Waals surface area contributed by atoms with Crippen LogP contribution < -0.4 is 16.6 Å². The van der Waals surface area contributed by atoms with Crippen molar-refractivity contribution in [2.45, 2.75) is 51.6 Å². The number of carbonyl (C=O) groups excluding carboxylic acids is 1. The zero-order valence-corrected chi connectivity index (χ0v) is 18.4. The highest BCUT2D eigenvalue weighted by molar-refractivity contribution is 7.17. The summed E-state index contributed by atoms with van der Waals surface area (Å²) in [6.07, 6.45) is 8.45. The van der Waals surface area contributed by atoms with Gasteiger partial charge in [-0.25, -0.2) is 4.79 Å². The van der Waals surface area contributed by atoms with Crippen molar-refractivity contribution in [2.24, 2.45) is 0 Å². The largest absolute Gasteiger partial charge is 0.354 e. The van der Waals surface area contributed by atoms with Crippen molar-refractivity contribution in [3.8, 4) is 0 Å². The molecule has 0 spiro atoms. The lowest BCUT2D eigenvalue weighted by Crippen LogP contribution is -2.42. The van der Waals surface area contributed by atoms with E-state index in [0.29, 0.717) is 29.7 Å². The number of fused-ring (bicyclic) bond motifs is 1. The predicted octanol–water partition coefficient (Wildman–Crippen LogP) is 3.54. The van der Waals surface area contributed by atoms with Gasteiger partial charge in [0.25, 0.3) is 5.56 Å². The molecule has 1 amide bonds. The number of amides is 1. The first kappa shape index (κ1) is 20.8. The van der Waals surface area contributed by atoms with Crippen molar-refractivity contribution in [2.75, 3.05) is 6.54 Å². The normalized spacial score (nSPS) is 14.1. The maximum Gasteiger partial charge on any atom is 0.332 e. The molecule has 8 heteroatoms. The average Bonchev–Trinajstić information content (AvgIpc) is 3.44. The Morgan fingerprint density at radius 1 is 1.07 bits per heavy atom. The molecule has 3 aromatic heterocycles. The quantitative estimate of drug-likeness (QED) is 0.541. The molecule has 4 rings (SSSR count). The summed E-state index contributed by atoms with van der Waals surface area (Å²) in [6, 6.07) is 5.69. The number of aromatic nitrogens is 2. The van der Waals surface area contributed by atoms with E-state index in [2.05, 4.69) is 11.4 Å². The van der Waals surface area contributed by atoms with E-state index in [4.69, 9.17) is 0 Å². The van der Waals surface area contributed by atoms with E-state index in [1.54, 1.807) is 22.8 Å². The minimum Gasteiger partial charge on any atom is -0.354 e. The predicted molar refractivity (Wildman–Crippen MR) is 123 cm³/mol. The fourth-order valence-corrected chi connectivity index (χ4v) is 5.40. The molecule has 0 aliphatic heterocycles. The van der Waals surface area contributed by atoms with Gasteiger partial charge in [0.2, 0.25) is 5.91 Å². The summed E-state index contributed by atoms with van der Waals surface area (Å²) < 4.78 is 3.20. The summed E-state index contributed by atoms with van der Waals surface area (Å²) in [5.74, 6) is -0.204. The fourth-order valence-electron chi connectivity index (χ4n) is 3.85. The molecule has 0 saturated carbocycles. The second-order valence-electron chi connectivity index (χ2n) is 7.50. The van der Waals surface area contributed by atoms with Gasteiger partial charge in [0, 0.05) is 18.0 Å². The molecule has 1 aliphatic carbocycles. The topological polar surface area (TPSA) is 73.1 Å². The Bertz CT molecular complexity index is 1170. The molecule has 1 aliphatic rings. The fraction of sp³-hybridized carbons (Fsp3) is 0.409. The van der Waals surface area contributed by atoms with Gasteiger partial charge < -0.3 is 5.32 Å². The van der Waals surface area contributed by atoms with Crippen molar-refractivity contribution in [3.63, 3.8) is 0 Å². The summed E-state index contributed by atoms with van der Waals surface area (Å²) in [4.78, 5) is 39.5. The third-order valence-corrected chi connectivity index (χ3v) is 7.28. The minimum atomic E-state index is -0.424. The SMILES string of the molecule is O=C(Cn1c(=O)n(CCc2cccs2)c(=O)c2sccc21)NCCC1=CCCCC1. The Morgan fingerprint density at radius 2 is 1.97 bits per heavy atom. The first-order valence-electron chi connectivity index (χ1n) is 10.3. The summed E-state index contributed by atoms with van der Waals surface area (Å²) in [6.45, 7) is 0.802. The van der Waals surface area contributed by atoms with Crippen LogP contribution in [0.3, 0.4) is 0 Å². The molecule has 0 unspecified atom stereocenters. The average molecular weight is 444 g/mol. The van der Waals surface area contributed by atoms with E-state index >= 15 is 0 Å². The van der Waals surface area contributed by atoms with Gasteiger partial charge in [-0.15, -0.1) is 22.7 Å². The molecule has 1 N–H and O–H groups in total. The van der Waals surface area contributed by atoms with Crippen LogP contribution in [0.25, 0.3) is 10.2 Å². The van der Waals surface area contributed by atoms with Crippen LogP contribution in [0.2, 0.25) is 0 Å². The van der Waals surface area contributed by atoms with Crippen LogP contribution in [0.15, 0.2) is 50.2 Å². The Kier molecular flexibility index (Phi) is 6.64. The smallest absolute Gasteiger partial charge is 0.332 e. The van der Waals surface area contributed by atoms with Gasteiger partial charge >= 0.3 is 5.69 Å². The Morgan fingerprint density at radius 3 is 2.73 bits per heavy atom. The second-order valence-corrected chi connectivity index (χ2v) is 9.45. The highest BCUT2D eigenvalue weighted by atomic mass is 32.1. The Labute approximate surface area is 182 Å². The van der Waals surface area contributed by atoms with Gasteiger partial charge in [0.15, 0.2) is 0 Å². The highest BCUT2D eigenvalue weighted by Gasteiger charge is 2.16. The van der Waals surface area contributed by atoms with Crippen LogP contribution in [0.1, 0.15) is 37.0 Å². The maximum atomic E-state index is 13.1. The van der Waals surface area contributed by atoms with Crippen LogP contribution in [0.5, 0.6) is 0 Å². The van der Waals surface area contributed by atoms with Crippen molar-refractivity contribution in [1.82, 2.24) is 14.5 Å². The lowest BCUT2D eigenvalue weighted by atomic mass is 9.97. The maximum absolute atomic E-state index is 13.1. The molecule has 158 valence electrons. The number of hydrogen-bond donors (Lipinski definition) is 1. The number of thiophene rings is 2. The molecule has 0 atom stereocenters. The number of nitrogens with one attached hydrogen (secondary N) is 1. The van der Waals surface area contributed by atoms with Crippen LogP contribution in [0.4, 0.5) is 0 Å². The van der Waals surface area contributed by atoms with Gasteiger partial charge in [0.05, 0.1) is 5.52 Å². The second kappa shape index (κ2) is 9.57. The van der Waals surface area contributed by atoms with Gasteiger partial charge in [0.1, 0.15) is 11.2 Å². The first-order chi connectivity index (χ1) is 14.6. The van der Waals surface area contributed by atoms with E-state index in [1.807, 2.05) is 17.5 Å². The zero-order valence-electron chi connectivity index (χ0n) is 16.8. The first-order valence-corrected chi connectivity index (χ1v) is 12.1. The third kappa shape index (κ3) is 4.65. The van der Waals surface area contributed by atoms with E-state index in [9.17, 15) is 14.4 Å². The van der Waals surface area contributed by atoms with E-state index in [0.717, 1.165) is 24.1 Å². The number of nitrogens with zero attached hydrogens (tertiary/aromatic N) is 2. The molecule has 0 bridgehead atoms. The van der Waals surface area contributed by atoms with E-state index in [1.165, 1.54) is 38.9 Å². The van der Waals surface area contributed by atoms with Crippen molar-refractivity contribution >= 4 is 38.8 Å². The van der Waals surface area contributed by atoms with Crippen molar-refractivity contribution in [1.29, 1.82) is 0 Å². The van der Waals surface area contributed by atoms with Crippen LogP contribution in [0, 0.1) is 0 Å². The highest BCUT2D eigenvalue weighted by Crippen LogP contribution is 2.19. The molecular weight excluding hydrogens is 418 g/mol.